The minimum absolute atomic E-state index is 0.232. The Labute approximate surface area is 105 Å². The first kappa shape index (κ1) is 12.9. The molecular formula is C14H24N2O. The molecule has 1 N–H and O–H groups in total. The molecule has 3 atom stereocenters. The van der Waals surface area contributed by atoms with Gasteiger partial charge in [0, 0.05) is 12.6 Å². The molecule has 0 aromatic rings. The van der Waals surface area contributed by atoms with Crippen LogP contribution in [0, 0.1) is 17.2 Å². The Morgan fingerprint density at radius 3 is 2.71 bits per heavy atom. The number of nitrogens with one attached hydrogen (secondary N) is 1. The van der Waals surface area contributed by atoms with Crippen LogP contribution in [0.5, 0.6) is 0 Å². The van der Waals surface area contributed by atoms with Crippen LogP contribution in [-0.4, -0.2) is 25.3 Å². The van der Waals surface area contributed by atoms with Crippen molar-refractivity contribution in [3.63, 3.8) is 0 Å². The van der Waals surface area contributed by atoms with E-state index in [0.29, 0.717) is 12.1 Å². The van der Waals surface area contributed by atoms with Crippen molar-refractivity contribution < 1.29 is 4.74 Å². The van der Waals surface area contributed by atoms with Gasteiger partial charge in [-0.1, -0.05) is 12.8 Å². The zero-order chi connectivity index (χ0) is 11.9. The maximum absolute atomic E-state index is 9.09. The molecule has 0 spiro atoms. The highest BCUT2D eigenvalue weighted by Crippen LogP contribution is 2.24. The summed E-state index contributed by atoms with van der Waals surface area (Å²) in [6.45, 7) is 1.95. The molecule has 0 radical (unpaired) electrons. The molecule has 0 bridgehead atoms. The average Bonchev–Trinajstić information content (AvgIpc) is 2.40. The fourth-order valence-corrected chi connectivity index (χ4v) is 2.99. The maximum atomic E-state index is 9.09. The molecule has 3 heteroatoms. The van der Waals surface area contributed by atoms with Crippen LogP contribution in [0.25, 0.3) is 0 Å². The van der Waals surface area contributed by atoms with Crippen LogP contribution in [-0.2, 0) is 4.74 Å². The van der Waals surface area contributed by atoms with E-state index in [-0.39, 0.29) is 5.92 Å². The Morgan fingerprint density at radius 1 is 1.12 bits per heavy atom. The van der Waals surface area contributed by atoms with E-state index in [4.69, 9.17) is 10.00 Å². The summed E-state index contributed by atoms with van der Waals surface area (Å²) in [5.74, 6) is 0.232. The lowest BCUT2D eigenvalue weighted by molar-refractivity contribution is 0.0108. The van der Waals surface area contributed by atoms with Gasteiger partial charge in [-0.05, 0) is 45.1 Å². The highest BCUT2D eigenvalue weighted by atomic mass is 16.5. The smallest absolute Gasteiger partial charge is 0.0672 e. The first-order valence-electron chi connectivity index (χ1n) is 7.15. The van der Waals surface area contributed by atoms with Crippen molar-refractivity contribution in [3.05, 3.63) is 0 Å². The first-order valence-corrected chi connectivity index (χ1v) is 7.15. The first-order chi connectivity index (χ1) is 8.40. The quantitative estimate of drug-likeness (QED) is 0.816. The molecule has 96 valence electrons. The van der Waals surface area contributed by atoms with Crippen LogP contribution in [0.1, 0.15) is 51.4 Å². The summed E-state index contributed by atoms with van der Waals surface area (Å²) in [7, 11) is 0. The molecule has 1 aliphatic carbocycles. The lowest BCUT2D eigenvalue weighted by Crippen LogP contribution is -2.39. The van der Waals surface area contributed by atoms with Crippen LogP contribution >= 0.6 is 0 Å². The predicted octanol–water partition coefficient (Wildman–Crippen LogP) is 2.62. The molecule has 0 amide bonds. The van der Waals surface area contributed by atoms with E-state index in [1.54, 1.807) is 0 Å². The Bertz CT molecular complexity index is 255. The summed E-state index contributed by atoms with van der Waals surface area (Å²) >= 11 is 0. The van der Waals surface area contributed by atoms with Gasteiger partial charge < -0.3 is 10.1 Å². The van der Waals surface area contributed by atoms with Crippen molar-refractivity contribution in [3.8, 4) is 6.07 Å². The lowest BCUT2D eigenvalue weighted by atomic mass is 9.85. The Balaban J connectivity index is 1.64. The number of ether oxygens (including phenoxy) is 1. The number of hydrogen-bond donors (Lipinski definition) is 1. The maximum Gasteiger partial charge on any atom is 0.0672 e. The molecule has 2 rings (SSSR count). The molecule has 1 heterocycles. The van der Waals surface area contributed by atoms with Gasteiger partial charge in [-0.3, -0.25) is 0 Å². The second kappa shape index (κ2) is 6.98. The molecule has 17 heavy (non-hydrogen) atoms. The molecule has 3 unspecified atom stereocenters. The summed E-state index contributed by atoms with van der Waals surface area (Å²) < 4.78 is 5.72. The van der Waals surface area contributed by atoms with Gasteiger partial charge in [0.25, 0.3) is 0 Å². The molecule has 0 aromatic heterocycles. The summed E-state index contributed by atoms with van der Waals surface area (Å²) in [4.78, 5) is 0. The van der Waals surface area contributed by atoms with E-state index in [2.05, 4.69) is 11.4 Å². The van der Waals surface area contributed by atoms with Crippen molar-refractivity contribution in [2.45, 2.75) is 63.5 Å². The third-order valence-corrected chi connectivity index (χ3v) is 4.08. The normalized spacial score (nSPS) is 34.2. The van der Waals surface area contributed by atoms with E-state index >= 15 is 0 Å². The molecule has 1 saturated heterocycles. The fraction of sp³-hybridized carbons (Fsp3) is 0.929. The second-order valence-electron chi connectivity index (χ2n) is 5.36. The predicted molar refractivity (Wildman–Crippen MR) is 67.6 cm³/mol. The third-order valence-electron chi connectivity index (χ3n) is 4.08. The van der Waals surface area contributed by atoms with Crippen LogP contribution in [0.15, 0.2) is 0 Å². The minimum Gasteiger partial charge on any atom is -0.378 e. The van der Waals surface area contributed by atoms with E-state index in [9.17, 15) is 0 Å². The largest absolute Gasteiger partial charge is 0.378 e. The number of hydrogen-bond acceptors (Lipinski definition) is 3. The van der Waals surface area contributed by atoms with Gasteiger partial charge in [0.2, 0.25) is 0 Å². The topological polar surface area (TPSA) is 45.0 Å². The molecule has 0 aromatic carbocycles. The molecule has 1 aliphatic heterocycles. The monoisotopic (exact) mass is 236 g/mol. The highest BCUT2D eigenvalue weighted by Gasteiger charge is 2.24. The van der Waals surface area contributed by atoms with Gasteiger partial charge >= 0.3 is 0 Å². The van der Waals surface area contributed by atoms with E-state index in [0.717, 1.165) is 26.0 Å². The SMILES string of the molecule is N#CC1CCCCC1NCCC1CCCCO1. The summed E-state index contributed by atoms with van der Waals surface area (Å²) in [6, 6.07) is 2.88. The van der Waals surface area contributed by atoms with Gasteiger partial charge in [0.1, 0.15) is 0 Å². The number of nitriles is 1. The summed E-state index contributed by atoms with van der Waals surface area (Å²) in [5, 5.41) is 12.7. The molecule has 2 aliphatic rings. The number of rotatable bonds is 4. The van der Waals surface area contributed by atoms with Crippen LogP contribution in [0.4, 0.5) is 0 Å². The molecule has 1 saturated carbocycles. The van der Waals surface area contributed by atoms with Crippen molar-refractivity contribution >= 4 is 0 Å². The zero-order valence-corrected chi connectivity index (χ0v) is 10.7. The lowest BCUT2D eigenvalue weighted by Gasteiger charge is -2.29. The van der Waals surface area contributed by atoms with Crippen molar-refractivity contribution in [2.24, 2.45) is 5.92 Å². The van der Waals surface area contributed by atoms with Gasteiger partial charge in [-0.2, -0.15) is 5.26 Å². The van der Waals surface area contributed by atoms with E-state index < -0.39 is 0 Å². The van der Waals surface area contributed by atoms with Gasteiger partial charge in [0.15, 0.2) is 0 Å². The minimum atomic E-state index is 0.232. The average molecular weight is 236 g/mol. The molecular weight excluding hydrogens is 212 g/mol. The van der Waals surface area contributed by atoms with Crippen LogP contribution < -0.4 is 5.32 Å². The Morgan fingerprint density at radius 2 is 1.94 bits per heavy atom. The summed E-state index contributed by atoms with van der Waals surface area (Å²) in [5.41, 5.74) is 0. The molecule has 3 nitrogen and oxygen atoms in total. The van der Waals surface area contributed by atoms with Crippen LogP contribution in [0.3, 0.4) is 0 Å². The summed E-state index contributed by atoms with van der Waals surface area (Å²) in [6.07, 6.45) is 10.1. The Hall–Kier alpha value is -0.590. The van der Waals surface area contributed by atoms with Gasteiger partial charge in [-0.25, -0.2) is 0 Å². The highest BCUT2D eigenvalue weighted by molar-refractivity contribution is 4.94. The van der Waals surface area contributed by atoms with Gasteiger partial charge in [-0.15, -0.1) is 0 Å². The Kier molecular flexibility index (Phi) is 5.28. The number of nitrogens with zero attached hydrogens (tertiary/aromatic N) is 1. The van der Waals surface area contributed by atoms with Crippen molar-refractivity contribution in [1.29, 1.82) is 5.26 Å². The third kappa shape index (κ3) is 3.97. The van der Waals surface area contributed by atoms with Crippen molar-refractivity contribution in [1.82, 2.24) is 5.32 Å². The second-order valence-corrected chi connectivity index (χ2v) is 5.36. The van der Waals surface area contributed by atoms with E-state index in [1.807, 2.05) is 0 Å². The zero-order valence-electron chi connectivity index (χ0n) is 10.7. The standard InChI is InChI=1S/C14H24N2O/c15-11-12-5-1-2-7-14(12)16-9-8-13-6-3-4-10-17-13/h12-14,16H,1-10H2. The van der Waals surface area contributed by atoms with Crippen molar-refractivity contribution in [2.75, 3.05) is 13.2 Å². The van der Waals surface area contributed by atoms with Crippen LogP contribution in [0.2, 0.25) is 0 Å². The fourth-order valence-electron chi connectivity index (χ4n) is 2.99. The van der Waals surface area contributed by atoms with E-state index in [1.165, 1.54) is 38.5 Å². The molecule has 2 fully saturated rings. The van der Waals surface area contributed by atoms with Gasteiger partial charge in [0.05, 0.1) is 18.1 Å².